The fourth-order valence-electron chi connectivity index (χ4n) is 16.6. The second-order valence-corrected chi connectivity index (χ2v) is 40.1. The van der Waals surface area contributed by atoms with Gasteiger partial charge in [0, 0.05) is 149 Å². The molecule has 0 aromatic heterocycles. The van der Waals surface area contributed by atoms with E-state index in [2.05, 4.69) is 21.3 Å². The first-order valence-electron chi connectivity index (χ1n) is 47.3. The van der Waals surface area contributed by atoms with Gasteiger partial charge in [-0.25, -0.2) is 26.3 Å². The molecule has 0 saturated heterocycles. The summed E-state index contributed by atoms with van der Waals surface area (Å²) in [7, 11) is 15.6. The van der Waals surface area contributed by atoms with Gasteiger partial charge in [-0.15, -0.1) is 0 Å². The number of allylic oxidation sites excluding steroid dienone is 8. The first-order valence-corrected chi connectivity index (χ1v) is 49.6. The molecule has 14 rings (SSSR count). The van der Waals surface area contributed by atoms with E-state index in [1.54, 1.807) is 129 Å². The summed E-state index contributed by atoms with van der Waals surface area (Å²) in [5.74, 6) is -6.65. The molecule has 764 valence electrons. The molecule has 0 spiro atoms. The van der Waals surface area contributed by atoms with Crippen molar-refractivity contribution in [3.8, 4) is 11.5 Å². The van der Waals surface area contributed by atoms with Crippen molar-refractivity contribution in [3.63, 3.8) is 0 Å². The third-order valence-corrected chi connectivity index (χ3v) is 25.3. The molecule has 4 N–H and O–H groups in total. The molecule has 4 atom stereocenters. The number of hydrogen-bond acceptors (Lipinski definition) is 14. The van der Waals surface area contributed by atoms with Crippen LogP contribution in [0.15, 0.2) is 239 Å². The summed E-state index contributed by atoms with van der Waals surface area (Å²) < 4.78 is 93.2. The SMILES string of the molecule is Cc1cc(/C=C2\CC(C(=O)NCCN(C)C)C/C(=C\c3ccc(F)c(F)c3)C2=O)ccc1F.Cc1cc(/C=C2\CC(C(=O)Nc3ccc(OCCN(C)C)cc3)C/C(=C\c3ccc(F)c(F)c3)C2=O)ccc1F.Cc1cc(Cl)cc(/C=C2\CC(C(=O)NCCN(C)C)C/C(=C\c3cc(Cl)cc(Cl)c3)C2=O)c1.Cc1cc(Cl)cc(/C=C2\CC(C(=O)Nc3ccc(OCCN(C)C)cc3)C/C(=C\c3cc(Cl)cc(Cl)c3)C2=O)c1. The summed E-state index contributed by atoms with van der Waals surface area (Å²) >= 11 is 37.2. The van der Waals surface area contributed by atoms with Crippen molar-refractivity contribution < 1.29 is 74.2 Å². The van der Waals surface area contributed by atoms with Crippen molar-refractivity contribution in [2.75, 3.05) is 119 Å². The number of likely N-dealkylation sites (N-methyl/N-ethyl adjacent to an activating group) is 4. The standard InChI is InChI=1S/C32H31Cl3N2O3.C32H31F3N2O3.C26H27Cl3N2O2.C26H27F3N2O2/c1-20-10-21(14-26(33)11-20)12-23-17-25(18-24(31(23)38)13-22-15-27(34)19-28(35)16-22)32(39)36-29-4-6-30(7-5-29)40-9-8-37(2)3;1-20-14-21(4-10-28(20)33)15-23-18-25(19-24(31(23)38)16-22-5-11-29(34)30(35)17-22)32(39)36-26-6-8-27(9-7-26)40-13-12-37(2)3;1-16-6-17(10-22(27)7-16)8-19-13-21(26(33)30-4-5-31(2)3)14-20(25(19)32)9-18-11-23(28)15-24(29)12-18;1-16-10-17(4-6-22(16)27)11-19-14-21(26(33)30-8-9-31(2)3)15-20(25(19)32)12-18-5-7-23(28)24(29)13-18/h4-7,10-16,19,25H,8-9,17-18H2,1-3H3,(H,36,39);4-11,14-17,25H,12-13,18-19H2,1-3H3,(H,36,39);6-12,15,21H,4-5,13-14H2,1-3H3,(H,30,33);4-7,10-13,21H,8-9,14-15H2,1-3H3,(H,30,33)/b23-12+,24-13+;23-15+,24-16+;19-8+,20-9+;19-11+,20-12+. The number of halogens is 12. The predicted octanol–water partition coefficient (Wildman–Crippen LogP) is 25.0. The van der Waals surface area contributed by atoms with Gasteiger partial charge in [-0.3, -0.25) is 38.4 Å². The maximum atomic E-state index is 13.8. The Balaban J connectivity index is 0.000000186. The topological polar surface area (TPSA) is 216 Å². The third-order valence-electron chi connectivity index (χ3n) is 24.0. The van der Waals surface area contributed by atoms with Crippen LogP contribution in [0.5, 0.6) is 11.5 Å². The summed E-state index contributed by atoms with van der Waals surface area (Å²) in [4.78, 5) is 114. The summed E-state index contributed by atoms with van der Waals surface area (Å²) in [6.07, 6.45) is 15.5. The number of amides is 4. The number of anilines is 2. The van der Waals surface area contributed by atoms with Gasteiger partial charge in [0.2, 0.25) is 23.6 Å². The van der Waals surface area contributed by atoms with E-state index in [1.165, 1.54) is 36.4 Å². The average molecular weight is 2110 g/mol. The summed E-state index contributed by atoms with van der Waals surface area (Å²) in [6.45, 7) is 12.3. The fraction of sp³-hybridized carbons (Fsp3) is 0.276. The first kappa shape index (κ1) is 114. The van der Waals surface area contributed by atoms with Crippen molar-refractivity contribution >= 4 is 176 Å². The van der Waals surface area contributed by atoms with Crippen molar-refractivity contribution in [1.82, 2.24) is 30.2 Å². The zero-order valence-corrected chi connectivity index (χ0v) is 87.7. The van der Waals surface area contributed by atoms with Crippen LogP contribution in [0.1, 0.15) is 118 Å². The summed E-state index contributed by atoms with van der Waals surface area (Å²) in [6, 6.07) is 51.6. The van der Waals surface area contributed by atoms with Gasteiger partial charge in [0.25, 0.3) is 0 Å². The number of ether oxygens (including phenoxy) is 2. The van der Waals surface area contributed by atoms with Gasteiger partial charge < -0.3 is 50.3 Å². The van der Waals surface area contributed by atoms with Gasteiger partial charge in [0.05, 0.1) is 0 Å². The Hall–Kier alpha value is -12.6. The highest BCUT2D eigenvalue weighted by Gasteiger charge is 2.37. The van der Waals surface area contributed by atoms with Gasteiger partial charge in [0.15, 0.2) is 46.4 Å². The molecule has 4 aliphatic rings. The molecule has 146 heavy (non-hydrogen) atoms. The first-order chi connectivity index (χ1) is 69.4. The van der Waals surface area contributed by atoms with Crippen LogP contribution in [-0.4, -0.2) is 175 Å². The minimum absolute atomic E-state index is 0.0625. The number of hydrogen-bond donors (Lipinski definition) is 4. The molecular weight excluding hydrogens is 1990 g/mol. The zero-order valence-electron chi connectivity index (χ0n) is 83.1. The lowest BCUT2D eigenvalue weighted by atomic mass is 9.79. The molecule has 4 fully saturated rings. The van der Waals surface area contributed by atoms with Gasteiger partial charge in [-0.1, -0.05) is 106 Å². The number of nitrogens with one attached hydrogen (secondary N) is 4. The minimum atomic E-state index is -1.03. The number of carbonyl (C=O) groups excluding carboxylic acids is 8. The van der Waals surface area contributed by atoms with E-state index < -0.39 is 41.0 Å². The largest absolute Gasteiger partial charge is 0.492 e. The molecular formula is C116H116Cl6F6N8O10. The van der Waals surface area contributed by atoms with E-state index in [9.17, 15) is 64.7 Å². The number of aryl methyl sites for hydroxylation is 4. The number of rotatable bonds is 28. The second-order valence-electron chi connectivity index (χ2n) is 37.5. The van der Waals surface area contributed by atoms with Gasteiger partial charge >= 0.3 is 0 Å². The number of nitrogens with zero attached hydrogens (tertiary/aromatic N) is 4. The number of carbonyl (C=O) groups is 8. The van der Waals surface area contributed by atoms with E-state index >= 15 is 0 Å². The Bertz CT molecular complexity index is 6400. The summed E-state index contributed by atoms with van der Waals surface area (Å²) in [5.41, 5.74) is 12.7. The maximum absolute atomic E-state index is 13.8. The quantitative estimate of drug-likeness (QED) is 0.0265. The smallest absolute Gasteiger partial charge is 0.228 e. The lowest BCUT2D eigenvalue weighted by Gasteiger charge is -2.25. The van der Waals surface area contributed by atoms with E-state index in [0.717, 1.165) is 77.5 Å². The Morgan fingerprint density at radius 1 is 0.288 bits per heavy atom. The molecule has 0 heterocycles. The Kier molecular flexibility index (Phi) is 42.2. The zero-order chi connectivity index (χ0) is 106. The van der Waals surface area contributed by atoms with Gasteiger partial charge in [0.1, 0.15) is 36.3 Å². The Labute approximate surface area is 878 Å². The highest BCUT2D eigenvalue weighted by atomic mass is 35.5. The molecule has 0 radical (unpaired) electrons. The molecule has 10 aromatic rings. The number of Topliss-reactive ketones (excluding diaryl/α,β-unsaturated/α-hetero) is 4. The van der Waals surface area contributed by atoms with Crippen LogP contribution in [0.3, 0.4) is 0 Å². The molecule has 4 aliphatic carbocycles. The second kappa shape index (κ2) is 54.2. The highest BCUT2D eigenvalue weighted by molar-refractivity contribution is 6.36. The van der Waals surface area contributed by atoms with Crippen molar-refractivity contribution in [2.45, 2.75) is 79.1 Å². The lowest BCUT2D eigenvalue weighted by Crippen LogP contribution is -2.38. The molecule has 4 unspecified atom stereocenters. The normalized spacial score (nSPS) is 18.1. The molecule has 10 aromatic carbocycles. The van der Waals surface area contributed by atoms with Gasteiger partial charge in [-0.2, -0.15) is 0 Å². The average Bonchev–Trinajstić information content (AvgIpc) is 0.812. The third kappa shape index (κ3) is 35.4. The molecule has 4 saturated carbocycles. The van der Waals surface area contributed by atoms with Crippen LogP contribution < -0.4 is 30.7 Å². The maximum Gasteiger partial charge on any atom is 0.228 e. The molecule has 18 nitrogen and oxygen atoms in total. The van der Waals surface area contributed by atoms with E-state index in [0.29, 0.717) is 183 Å². The predicted molar refractivity (Wildman–Crippen MR) is 576 cm³/mol. The lowest BCUT2D eigenvalue weighted by molar-refractivity contribution is -0.126. The van der Waals surface area contributed by atoms with Crippen LogP contribution in [0.2, 0.25) is 30.1 Å². The van der Waals surface area contributed by atoms with Crippen LogP contribution >= 0.6 is 69.6 Å². The van der Waals surface area contributed by atoms with E-state index in [-0.39, 0.29) is 96.4 Å². The van der Waals surface area contributed by atoms with Gasteiger partial charge in [-0.05, 0) is 409 Å². The molecule has 4 amide bonds. The minimum Gasteiger partial charge on any atom is -0.492 e. The number of benzene rings is 10. The molecule has 0 bridgehead atoms. The van der Waals surface area contributed by atoms with Crippen molar-refractivity contribution in [2.24, 2.45) is 23.7 Å². The van der Waals surface area contributed by atoms with Crippen molar-refractivity contribution in [3.05, 3.63) is 371 Å². The van der Waals surface area contributed by atoms with Crippen LogP contribution in [0, 0.1) is 86.3 Å². The Morgan fingerprint density at radius 2 is 0.527 bits per heavy atom. The monoisotopic (exact) mass is 2100 g/mol. The summed E-state index contributed by atoms with van der Waals surface area (Å²) in [5, 5.41) is 14.9. The van der Waals surface area contributed by atoms with E-state index in [1.807, 2.05) is 157 Å². The highest BCUT2D eigenvalue weighted by Crippen LogP contribution is 2.41. The Morgan fingerprint density at radius 3 is 0.781 bits per heavy atom. The van der Waals surface area contributed by atoms with Crippen LogP contribution in [0.4, 0.5) is 37.7 Å². The van der Waals surface area contributed by atoms with Crippen LogP contribution in [-0.2, 0) is 38.4 Å². The van der Waals surface area contributed by atoms with Crippen LogP contribution in [0.25, 0.3) is 48.6 Å². The fourth-order valence-corrected chi connectivity index (χ4v) is 18.3. The molecule has 30 heteroatoms. The van der Waals surface area contributed by atoms with Crippen molar-refractivity contribution in [1.29, 1.82) is 0 Å². The number of ketones is 4. The van der Waals surface area contributed by atoms with E-state index in [4.69, 9.17) is 79.1 Å². The molecule has 0 aliphatic heterocycles.